The van der Waals surface area contributed by atoms with Gasteiger partial charge in [-0.3, -0.25) is 9.59 Å². The van der Waals surface area contributed by atoms with E-state index < -0.39 is 5.91 Å². The number of fused-ring (bicyclic) bond motifs is 1. The number of amides is 2. The zero-order valence-corrected chi connectivity index (χ0v) is 17.5. The van der Waals surface area contributed by atoms with Crippen LogP contribution in [-0.4, -0.2) is 18.9 Å². The molecule has 4 aromatic rings. The second-order valence-electron chi connectivity index (χ2n) is 7.10. The summed E-state index contributed by atoms with van der Waals surface area (Å²) in [5, 5.41) is 7.63. The monoisotopic (exact) mass is 422 g/mol. The van der Waals surface area contributed by atoms with E-state index in [0.29, 0.717) is 17.0 Å². The Labute approximate surface area is 186 Å². The topological polar surface area (TPSA) is 67.4 Å². The molecule has 0 bridgehead atoms. The van der Waals surface area contributed by atoms with Crippen LogP contribution in [0.3, 0.4) is 0 Å². The molecule has 0 saturated heterocycles. The molecule has 2 amide bonds. The first kappa shape index (κ1) is 20.9. The molecule has 0 unspecified atom stereocenters. The molecule has 0 aromatic heterocycles. The summed E-state index contributed by atoms with van der Waals surface area (Å²) in [5.74, 6) is -0.293. The zero-order valence-electron chi connectivity index (χ0n) is 17.5. The van der Waals surface area contributed by atoms with E-state index >= 15 is 0 Å². The Bertz CT molecular complexity index is 1290. The van der Waals surface area contributed by atoms with Gasteiger partial charge in [0.2, 0.25) is 0 Å². The summed E-state index contributed by atoms with van der Waals surface area (Å²) in [7, 11) is 1.54. The average Bonchev–Trinajstić information content (AvgIpc) is 2.84. The van der Waals surface area contributed by atoms with Gasteiger partial charge in [0.15, 0.2) is 0 Å². The number of methoxy groups -OCH3 is 1. The van der Waals surface area contributed by atoms with E-state index in [1.54, 1.807) is 48.5 Å². The highest BCUT2D eigenvalue weighted by atomic mass is 16.5. The number of benzene rings is 4. The smallest absolute Gasteiger partial charge is 0.272 e. The summed E-state index contributed by atoms with van der Waals surface area (Å²) in [5.41, 5.74) is 1.92. The third-order valence-corrected chi connectivity index (χ3v) is 5.01. The molecule has 0 atom stereocenters. The van der Waals surface area contributed by atoms with Gasteiger partial charge in [0, 0.05) is 5.56 Å². The van der Waals surface area contributed by atoms with Crippen LogP contribution in [0.15, 0.2) is 103 Å². The van der Waals surface area contributed by atoms with E-state index in [9.17, 15) is 9.59 Å². The van der Waals surface area contributed by atoms with Crippen LogP contribution in [0.4, 0.5) is 5.69 Å². The fourth-order valence-corrected chi connectivity index (χ4v) is 3.41. The Morgan fingerprint density at radius 3 is 2.28 bits per heavy atom. The number of hydrogen-bond donors (Lipinski definition) is 2. The fraction of sp³-hybridized carbons (Fsp3) is 0.0370. The minimum Gasteiger partial charge on any atom is -0.495 e. The molecule has 2 N–H and O–H groups in total. The highest BCUT2D eigenvalue weighted by Crippen LogP contribution is 2.25. The molecule has 0 aliphatic rings. The van der Waals surface area contributed by atoms with Crippen molar-refractivity contribution in [3.8, 4) is 5.75 Å². The molecular weight excluding hydrogens is 400 g/mol. The lowest BCUT2D eigenvalue weighted by atomic mass is 10.0. The third kappa shape index (κ3) is 4.68. The fourth-order valence-electron chi connectivity index (χ4n) is 3.41. The number of nitrogens with one attached hydrogen (secondary N) is 2. The van der Waals surface area contributed by atoms with Gasteiger partial charge in [0.25, 0.3) is 11.8 Å². The number of rotatable bonds is 6. The minimum absolute atomic E-state index is 0.126. The predicted molar refractivity (Wildman–Crippen MR) is 127 cm³/mol. The highest BCUT2D eigenvalue weighted by molar-refractivity contribution is 6.12. The van der Waals surface area contributed by atoms with Crippen molar-refractivity contribution in [3.63, 3.8) is 0 Å². The molecule has 0 saturated carbocycles. The van der Waals surface area contributed by atoms with Crippen LogP contribution in [0.5, 0.6) is 5.75 Å². The summed E-state index contributed by atoms with van der Waals surface area (Å²) < 4.78 is 5.33. The van der Waals surface area contributed by atoms with Crippen molar-refractivity contribution in [2.24, 2.45) is 0 Å². The van der Waals surface area contributed by atoms with E-state index in [2.05, 4.69) is 10.6 Å². The molecule has 0 fully saturated rings. The van der Waals surface area contributed by atoms with Gasteiger partial charge in [-0.15, -0.1) is 0 Å². The Kier molecular flexibility index (Phi) is 6.28. The molecule has 158 valence electrons. The lowest BCUT2D eigenvalue weighted by Gasteiger charge is -2.14. The molecule has 32 heavy (non-hydrogen) atoms. The van der Waals surface area contributed by atoms with Crippen LogP contribution in [0.2, 0.25) is 0 Å². The van der Waals surface area contributed by atoms with Gasteiger partial charge < -0.3 is 15.4 Å². The first-order valence-electron chi connectivity index (χ1n) is 10.2. The largest absolute Gasteiger partial charge is 0.495 e. The molecule has 4 rings (SSSR count). The van der Waals surface area contributed by atoms with Crippen molar-refractivity contribution in [1.82, 2.24) is 5.32 Å². The summed E-state index contributed by atoms with van der Waals surface area (Å²) >= 11 is 0. The number of carbonyl (C=O) groups is 2. The molecule has 0 spiro atoms. The highest BCUT2D eigenvalue weighted by Gasteiger charge is 2.17. The van der Waals surface area contributed by atoms with Crippen LogP contribution >= 0.6 is 0 Å². The number of para-hydroxylation sites is 2. The summed E-state index contributed by atoms with van der Waals surface area (Å²) in [6.07, 6.45) is 1.69. The van der Waals surface area contributed by atoms with Crippen LogP contribution in [-0.2, 0) is 4.79 Å². The normalized spacial score (nSPS) is 11.1. The Morgan fingerprint density at radius 1 is 0.781 bits per heavy atom. The minimum atomic E-state index is -0.452. The lowest BCUT2D eigenvalue weighted by Crippen LogP contribution is -2.30. The van der Waals surface area contributed by atoms with Gasteiger partial charge >= 0.3 is 0 Å². The molecular formula is C27H22N2O3. The van der Waals surface area contributed by atoms with Crippen molar-refractivity contribution in [3.05, 3.63) is 114 Å². The summed E-state index contributed by atoms with van der Waals surface area (Å²) in [4.78, 5) is 26.1. The Hall–Kier alpha value is -4.38. The van der Waals surface area contributed by atoms with Gasteiger partial charge in [0.05, 0.1) is 12.8 Å². The number of carbonyl (C=O) groups excluding carboxylic acids is 2. The van der Waals surface area contributed by atoms with Crippen molar-refractivity contribution in [2.75, 3.05) is 12.4 Å². The Morgan fingerprint density at radius 2 is 1.47 bits per heavy atom. The maximum Gasteiger partial charge on any atom is 0.272 e. The zero-order chi connectivity index (χ0) is 22.3. The first-order chi connectivity index (χ1) is 15.7. The summed E-state index contributed by atoms with van der Waals surface area (Å²) in [6.45, 7) is 0. The molecule has 0 aliphatic carbocycles. The standard InChI is InChI=1S/C27H22N2O3/c1-32-25-17-8-7-16-23(25)28-27(31)24(29-26(30)20-11-3-2-4-12-20)18-21-14-9-13-19-10-5-6-15-22(19)21/h2-18H,1H3,(H,28,31)(H,29,30)/b24-18-. The predicted octanol–water partition coefficient (Wildman–Crippen LogP) is 5.26. The average molecular weight is 422 g/mol. The van der Waals surface area contributed by atoms with E-state index in [1.807, 2.05) is 54.6 Å². The first-order valence-corrected chi connectivity index (χ1v) is 10.2. The van der Waals surface area contributed by atoms with Crippen molar-refractivity contribution >= 4 is 34.4 Å². The second kappa shape index (κ2) is 9.62. The van der Waals surface area contributed by atoms with Gasteiger partial charge in [-0.05, 0) is 46.7 Å². The Balaban J connectivity index is 1.73. The van der Waals surface area contributed by atoms with Crippen molar-refractivity contribution in [2.45, 2.75) is 0 Å². The van der Waals surface area contributed by atoms with Crippen LogP contribution in [0, 0.1) is 0 Å². The van der Waals surface area contributed by atoms with Gasteiger partial charge in [-0.25, -0.2) is 0 Å². The van der Waals surface area contributed by atoms with Gasteiger partial charge in [-0.1, -0.05) is 72.8 Å². The number of anilines is 1. The second-order valence-corrected chi connectivity index (χ2v) is 7.10. The van der Waals surface area contributed by atoms with Crippen molar-refractivity contribution in [1.29, 1.82) is 0 Å². The van der Waals surface area contributed by atoms with E-state index in [-0.39, 0.29) is 11.6 Å². The number of hydrogen-bond acceptors (Lipinski definition) is 3. The van der Waals surface area contributed by atoms with E-state index in [0.717, 1.165) is 16.3 Å². The van der Waals surface area contributed by atoms with Crippen LogP contribution in [0.25, 0.3) is 16.8 Å². The van der Waals surface area contributed by atoms with Gasteiger partial charge in [0.1, 0.15) is 11.4 Å². The quantitative estimate of drug-likeness (QED) is 0.417. The SMILES string of the molecule is COc1ccccc1NC(=O)/C(=C/c1cccc2ccccc12)NC(=O)c1ccccc1. The van der Waals surface area contributed by atoms with E-state index in [1.165, 1.54) is 7.11 Å². The van der Waals surface area contributed by atoms with Crippen molar-refractivity contribution < 1.29 is 14.3 Å². The van der Waals surface area contributed by atoms with Gasteiger partial charge in [-0.2, -0.15) is 0 Å². The molecule has 5 nitrogen and oxygen atoms in total. The van der Waals surface area contributed by atoms with Crippen LogP contribution in [0.1, 0.15) is 15.9 Å². The van der Waals surface area contributed by atoms with Crippen LogP contribution < -0.4 is 15.4 Å². The third-order valence-electron chi connectivity index (χ3n) is 5.01. The maximum absolute atomic E-state index is 13.2. The molecule has 0 aliphatic heterocycles. The van der Waals surface area contributed by atoms with E-state index in [4.69, 9.17) is 4.74 Å². The molecule has 4 aromatic carbocycles. The molecule has 0 radical (unpaired) electrons. The number of ether oxygens (including phenoxy) is 1. The molecule has 5 heteroatoms. The maximum atomic E-state index is 13.2. The lowest BCUT2D eigenvalue weighted by molar-refractivity contribution is -0.113. The summed E-state index contributed by atoms with van der Waals surface area (Å²) in [6, 6.07) is 29.6. The molecule has 0 heterocycles.